The fraction of sp³-hybridized carbons (Fsp3) is 0.357. The minimum absolute atomic E-state index is 0.144. The second-order valence-corrected chi connectivity index (χ2v) is 5.03. The summed E-state index contributed by atoms with van der Waals surface area (Å²) < 4.78 is 14.6. The molecule has 3 rings (SSSR count). The maximum absolute atomic E-state index is 12.0. The number of ether oxygens (including phenoxy) is 3. The summed E-state index contributed by atoms with van der Waals surface area (Å²) in [5.41, 5.74) is 2.06. The van der Waals surface area contributed by atoms with Crippen LogP contribution in [0.4, 0.5) is 25.8 Å². The average molecular weight is 321 g/mol. The lowest BCUT2D eigenvalue weighted by molar-refractivity contribution is 0.132. The molecule has 1 saturated heterocycles. The molecule has 3 amide bonds. The Morgan fingerprint density at radius 1 is 1.48 bits per heavy atom. The van der Waals surface area contributed by atoms with Crippen molar-refractivity contribution in [3.8, 4) is 0 Å². The summed E-state index contributed by atoms with van der Waals surface area (Å²) in [7, 11) is 1.26. The van der Waals surface area contributed by atoms with Crippen LogP contribution in [-0.2, 0) is 20.8 Å². The van der Waals surface area contributed by atoms with E-state index in [1.807, 2.05) is 0 Å². The Labute approximate surface area is 131 Å². The lowest BCUT2D eigenvalue weighted by Gasteiger charge is -2.20. The molecule has 1 atom stereocenters. The molecule has 23 heavy (non-hydrogen) atoms. The lowest BCUT2D eigenvalue weighted by atomic mass is 10.1. The molecule has 0 saturated carbocycles. The van der Waals surface area contributed by atoms with Crippen molar-refractivity contribution in [1.82, 2.24) is 5.32 Å². The Morgan fingerprint density at radius 3 is 3.09 bits per heavy atom. The van der Waals surface area contributed by atoms with Crippen molar-refractivity contribution < 1.29 is 28.6 Å². The number of amides is 3. The number of nitrogens with zero attached hydrogens (tertiary/aromatic N) is 1. The summed E-state index contributed by atoms with van der Waals surface area (Å²) in [5, 5.41) is 5.07. The molecule has 1 fully saturated rings. The zero-order valence-corrected chi connectivity index (χ0v) is 12.3. The van der Waals surface area contributed by atoms with Crippen LogP contribution in [0.25, 0.3) is 0 Å². The van der Waals surface area contributed by atoms with Crippen molar-refractivity contribution in [3.63, 3.8) is 0 Å². The lowest BCUT2D eigenvalue weighted by Crippen LogP contribution is -2.34. The molecule has 0 spiro atoms. The molecule has 1 aromatic carbocycles. The molecule has 0 radical (unpaired) electrons. The number of anilines is 2. The highest BCUT2D eigenvalue weighted by atomic mass is 16.6. The van der Waals surface area contributed by atoms with E-state index in [0.717, 1.165) is 5.56 Å². The van der Waals surface area contributed by atoms with Gasteiger partial charge in [-0.05, 0) is 18.2 Å². The van der Waals surface area contributed by atoms with Gasteiger partial charge in [0, 0.05) is 11.3 Å². The SMILES string of the molecule is COC(=O)NC[C@H]1CN(c2ccc3c(c2)COC(=O)N3)C(=O)O1. The van der Waals surface area contributed by atoms with Crippen LogP contribution < -0.4 is 15.5 Å². The number of carbonyl (C=O) groups excluding carboxylic acids is 3. The molecule has 0 bridgehead atoms. The maximum atomic E-state index is 12.0. The number of alkyl carbamates (subject to hydrolysis) is 1. The van der Waals surface area contributed by atoms with E-state index in [0.29, 0.717) is 17.9 Å². The van der Waals surface area contributed by atoms with Crippen LogP contribution in [0.5, 0.6) is 0 Å². The molecule has 2 N–H and O–H groups in total. The van der Waals surface area contributed by atoms with Gasteiger partial charge in [-0.25, -0.2) is 14.4 Å². The van der Waals surface area contributed by atoms with Gasteiger partial charge in [-0.3, -0.25) is 10.2 Å². The quantitative estimate of drug-likeness (QED) is 0.816. The summed E-state index contributed by atoms with van der Waals surface area (Å²) in [6.07, 6.45) is -2.04. The van der Waals surface area contributed by atoms with Crippen molar-refractivity contribution in [3.05, 3.63) is 23.8 Å². The van der Waals surface area contributed by atoms with Crippen LogP contribution >= 0.6 is 0 Å². The van der Waals surface area contributed by atoms with Crippen LogP contribution in [0.2, 0.25) is 0 Å². The summed E-state index contributed by atoms with van der Waals surface area (Å²) in [4.78, 5) is 35.6. The summed E-state index contributed by atoms with van der Waals surface area (Å²) >= 11 is 0. The molecule has 0 aliphatic carbocycles. The number of fused-ring (bicyclic) bond motifs is 1. The topological polar surface area (TPSA) is 106 Å². The summed E-state index contributed by atoms with van der Waals surface area (Å²) in [6, 6.07) is 5.17. The molecule has 122 valence electrons. The first-order valence-corrected chi connectivity index (χ1v) is 6.93. The van der Waals surface area contributed by atoms with Crippen molar-refractivity contribution >= 4 is 29.7 Å². The third-order valence-corrected chi connectivity index (χ3v) is 3.53. The molecule has 2 aliphatic heterocycles. The highest BCUT2D eigenvalue weighted by Gasteiger charge is 2.33. The molecule has 9 nitrogen and oxygen atoms in total. The fourth-order valence-electron chi connectivity index (χ4n) is 2.39. The van der Waals surface area contributed by atoms with E-state index in [-0.39, 0.29) is 13.2 Å². The average Bonchev–Trinajstić information content (AvgIpc) is 2.93. The van der Waals surface area contributed by atoms with Crippen molar-refractivity contribution in [1.29, 1.82) is 0 Å². The number of cyclic esters (lactones) is 2. The number of rotatable bonds is 3. The molecule has 2 heterocycles. The Morgan fingerprint density at radius 2 is 2.30 bits per heavy atom. The third kappa shape index (κ3) is 3.12. The number of hydrogen-bond donors (Lipinski definition) is 2. The van der Waals surface area contributed by atoms with E-state index in [1.165, 1.54) is 12.0 Å². The van der Waals surface area contributed by atoms with Gasteiger partial charge in [0.1, 0.15) is 12.7 Å². The molecule has 0 aromatic heterocycles. The van der Waals surface area contributed by atoms with Gasteiger partial charge in [0.05, 0.1) is 25.9 Å². The first-order chi connectivity index (χ1) is 11.1. The number of methoxy groups -OCH3 is 1. The van der Waals surface area contributed by atoms with Crippen molar-refractivity contribution in [2.24, 2.45) is 0 Å². The Kier molecular flexibility index (Phi) is 3.92. The maximum Gasteiger partial charge on any atom is 0.414 e. The van der Waals surface area contributed by atoms with Gasteiger partial charge < -0.3 is 19.5 Å². The number of hydrogen-bond acceptors (Lipinski definition) is 6. The highest BCUT2D eigenvalue weighted by Crippen LogP contribution is 2.29. The van der Waals surface area contributed by atoms with Gasteiger partial charge >= 0.3 is 18.3 Å². The standard InChI is InChI=1S/C14H15N3O6/c1-21-12(18)15-5-10-6-17(14(20)23-10)9-2-3-11-8(4-9)7-22-13(19)16-11/h2-4,10H,5-7H2,1H3,(H,15,18)(H,16,19)/t10-/m0/s1. The Balaban J connectivity index is 1.68. The minimum atomic E-state index is -0.582. The molecular weight excluding hydrogens is 306 g/mol. The van der Waals surface area contributed by atoms with Gasteiger partial charge in [0.25, 0.3) is 0 Å². The molecule has 1 aromatic rings. The Hall–Kier alpha value is -2.97. The monoisotopic (exact) mass is 321 g/mol. The van der Waals surface area contributed by atoms with Gasteiger partial charge in [-0.1, -0.05) is 0 Å². The predicted octanol–water partition coefficient (Wildman–Crippen LogP) is 1.43. The van der Waals surface area contributed by atoms with Crippen LogP contribution in [-0.4, -0.2) is 44.6 Å². The smallest absolute Gasteiger partial charge is 0.414 e. The summed E-state index contributed by atoms with van der Waals surface area (Å²) in [5.74, 6) is 0. The second kappa shape index (κ2) is 6.03. The second-order valence-electron chi connectivity index (χ2n) is 5.03. The van der Waals surface area contributed by atoms with Crippen LogP contribution in [0.1, 0.15) is 5.56 Å². The van der Waals surface area contributed by atoms with Gasteiger partial charge in [-0.15, -0.1) is 0 Å². The number of nitrogens with one attached hydrogen (secondary N) is 2. The Bertz CT molecular complexity index is 662. The zero-order valence-electron chi connectivity index (χ0n) is 12.3. The van der Waals surface area contributed by atoms with E-state index >= 15 is 0 Å². The van der Waals surface area contributed by atoms with E-state index in [1.54, 1.807) is 18.2 Å². The zero-order chi connectivity index (χ0) is 16.4. The largest absolute Gasteiger partial charge is 0.453 e. The van der Waals surface area contributed by atoms with E-state index in [9.17, 15) is 14.4 Å². The van der Waals surface area contributed by atoms with E-state index < -0.39 is 24.4 Å². The predicted molar refractivity (Wildman–Crippen MR) is 78.3 cm³/mol. The third-order valence-electron chi connectivity index (χ3n) is 3.53. The molecule has 0 unspecified atom stereocenters. The highest BCUT2D eigenvalue weighted by molar-refractivity contribution is 5.92. The molecule has 9 heteroatoms. The van der Waals surface area contributed by atoms with E-state index in [4.69, 9.17) is 9.47 Å². The first-order valence-electron chi connectivity index (χ1n) is 6.93. The van der Waals surface area contributed by atoms with Crippen molar-refractivity contribution in [2.45, 2.75) is 12.7 Å². The molecular formula is C14H15N3O6. The number of carbonyl (C=O) groups is 3. The van der Waals surface area contributed by atoms with Crippen LogP contribution in [0.3, 0.4) is 0 Å². The summed E-state index contributed by atoms with van der Waals surface area (Å²) in [6.45, 7) is 0.610. The van der Waals surface area contributed by atoms with Gasteiger partial charge in [-0.2, -0.15) is 0 Å². The van der Waals surface area contributed by atoms with Gasteiger partial charge in [0.15, 0.2) is 0 Å². The van der Waals surface area contributed by atoms with Crippen LogP contribution in [0, 0.1) is 0 Å². The normalized spacial score (nSPS) is 19.3. The van der Waals surface area contributed by atoms with Gasteiger partial charge in [0.2, 0.25) is 0 Å². The van der Waals surface area contributed by atoms with Crippen molar-refractivity contribution in [2.75, 3.05) is 30.4 Å². The van der Waals surface area contributed by atoms with Crippen LogP contribution in [0.15, 0.2) is 18.2 Å². The fourth-order valence-corrected chi connectivity index (χ4v) is 2.39. The molecule has 2 aliphatic rings. The minimum Gasteiger partial charge on any atom is -0.453 e. The number of benzene rings is 1. The first kappa shape index (κ1) is 14.9. The van der Waals surface area contributed by atoms with E-state index in [2.05, 4.69) is 15.4 Å².